The Bertz CT molecular complexity index is 636. The molecule has 0 aliphatic carbocycles. The molecule has 1 nitrogen and oxygen atoms in total. The summed E-state index contributed by atoms with van der Waals surface area (Å²) in [6.45, 7) is 10.2. The van der Waals surface area contributed by atoms with Crippen LogP contribution in [0.4, 0.5) is 0 Å². The van der Waals surface area contributed by atoms with Gasteiger partial charge in [-0.05, 0) is 5.56 Å². The van der Waals surface area contributed by atoms with Crippen LogP contribution >= 0.6 is 7.14 Å². The topological polar surface area (TPSA) is 17.1 Å². The van der Waals surface area contributed by atoms with Gasteiger partial charge in [-0.25, -0.2) is 0 Å². The maximum absolute atomic E-state index is 13.8. The van der Waals surface area contributed by atoms with Gasteiger partial charge in [-0.1, -0.05) is 88.0 Å². The van der Waals surface area contributed by atoms with Crippen molar-refractivity contribution in [2.45, 2.75) is 25.9 Å². The van der Waals surface area contributed by atoms with Gasteiger partial charge in [0.05, 0.1) is 0 Å². The van der Waals surface area contributed by atoms with Gasteiger partial charge in [-0.3, -0.25) is 0 Å². The first kappa shape index (κ1) is 14.8. The van der Waals surface area contributed by atoms with Crippen LogP contribution in [-0.4, -0.2) is 5.16 Å². The highest BCUT2D eigenvalue weighted by Crippen LogP contribution is 2.65. The number of hydrogen-bond acceptors (Lipinski definition) is 1. The molecule has 0 aromatic heterocycles. The van der Waals surface area contributed by atoms with E-state index in [1.165, 1.54) is 0 Å². The normalized spacial score (nSPS) is 14.6. The summed E-state index contributed by atoms with van der Waals surface area (Å²) in [7, 11) is -2.76. The standard InChI is InChI=1S/C18H21OP/c1-15(16-11-7-5-8-12-16)20(19,18(2,3)4)17-13-9-6-10-14-17/h5-14H,1H2,2-4H3. The van der Waals surface area contributed by atoms with Crippen molar-refractivity contribution in [2.24, 2.45) is 0 Å². The van der Waals surface area contributed by atoms with E-state index in [0.29, 0.717) is 0 Å². The van der Waals surface area contributed by atoms with E-state index in [9.17, 15) is 4.57 Å². The van der Waals surface area contributed by atoms with Crippen LogP contribution < -0.4 is 5.30 Å². The van der Waals surface area contributed by atoms with E-state index in [2.05, 4.69) is 6.58 Å². The summed E-state index contributed by atoms with van der Waals surface area (Å²) in [5.74, 6) is 0. The molecular weight excluding hydrogens is 263 g/mol. The molecular formula is C18H21OP. The van der Waals surface area contributed by atoms with Crippen LogP contribution in [0.2, 0.25) is 0 Å². The third-order valence-electron chi connectivity index (χ3n) is 3.55. The van der Waals surface area contributed by atoms with E-state index in [4.69, 9.17) is 0 Å². The molecule has 0 saturated heterocycles. The average molecular weight is 284 g/mol. The lowest BCUT2D eigenvalue weighted by molar-refractivity contribution is 0.564. The van der Waals surface area contributed by atoms with Gasteiger partial charge in [-0.2, -0.15) is 0 Å². The van der Waals surface area contributed by atoms with Gasteiger partial charge in [-0.15, -0.1) is 0 Å². The van der Waals surface area contributed by atoms with Crippen LogP contribution in [0.1, 0.15) is 26.3 Å². The minimum Gasteiger partial charge on any atom is -0.313 e. The van der Waals surface area contributed by atoms with Crippen molar-refractivity contribution < 1.29 is 4.57 Å². The fourth-order valence-corrected chi connectivity index (χ4v) is 5.40. The van der Waals surface area contributed by atoms with Crippen molar-refractivity contribution in [3.8, 4) is 0 Å². The van der Waals surface area contributed by atoms with Gasteiger partial charge in [0.15, 0.2) is 0 Å². The SMILES string of the molecule is C=C(c1ccccc1)P(=O)(c1ccccc1)C(C)(C)C. The Morgan fingerprint density at radius 2 is 1.35 bits per heavy atom. The fourth-order valence-electron chi connectivity index (χ4n) is 2.40. The molecule has 0 aliphatic heterocycles. The molecule has 1 atom stereocenters. The molecule has 0 heterocycles. The summed E-state index contributed by atoms with van der Waals surface area (Å²) in [5, 5.41) is 1.25. The van der Waals surface area contributed by atoms with E-state index in [0.717, 1.165) is 16.2 Å². The predicted octanol–water partition coefficient (Wildman–Crippen LogP) is 5.14. The second kappa shape index (κ2) is 5.42. The molecule has 20 heavy (non-hydrogen) atoms. The summed E-state index contributed by atoms with van der Waals surface area (Å²) in [5.41, 5.74) is 0.953. The van der Waals surface area contributed by atoms with Crippen molar-refractivity contribution in [1.29, 1.82) is 0 Å². The minimum atomic E-state index is -2.76. The summed E-state index contributed by atoms with van der Waals surface area (Å²) in [6.07, 6.45) is 0. The van der Waals surface area contributed by atoms with Gasteiger partial charge < -0.3 is 4.57 Å². The minimum absolute atomic E-state index is 0.360. The number of hydrogen-bond donors (Lipinski definition) is 0. The molecule has 0 radical (unpaired) electrons. The van der Waals surface area contributed by atoms with E-state index in [1.54, 1.807) is 0 Å². The molecule has 2 aromatic rings. The van der Waals surface area contributed by atoms with Gasteiger partial charge in [0, 0.05) is 15.8 Å². The molecule has 2 aromatic carbocycles. The maximum atomic E-state index is 13.8. The van der Waals surface area contributed by atoms with Crippen molar-refractivity contribution >= 4 is 17.8 Å². The summed E-state index contributed by atoms with van der Waals surface area (Å²) < 4.78 is 13.8. The van der Waals surface area contributed by atoms with E-state index in [-0.39, 0.29) is 5.16 Å². The summed E-state index contributed by atoms with van der Waals surface area (Å²) in [6, 6.07) is 19.5. The van der Waals surface area contributed by atoms with Crippen LogP contribution in [0.3, 0.4) is 0 Å². The van der Waals surface area contributed by atoms with E-state index < -0.39 is 7.14 Å². The van der Waals surface area contributed by atoms with E-state index in [1.807, 2.05) is 81.4 Å². The molecule has 0 saturated carbocycles. The Kier molecular flexibility index (Phi) is 4.01. The second-order valence-corrected chi connectivity index (χ2v) is 9.54. The zero-order valence-electron chi connectivity index (χ0n) is 12.3. The molecule has 0 aliphatic rings. The van der Waals surface area contributed by atoms with Crippen molar-refractivity contribution in [3.63, 3.8) is 0 Å². The van der Waals surface area contributed by atoms with Gasteiger partial charge in [0.2, 0.25) is 0 Å². The molecule has 1 unspecified atom stereocenters. The van der Waals surface area contributed by atoms with Crippen molar-refractivity contribution in [1.82, 2.24) is 0 Å². The predicted molar refractivity (Wildman–Crippen MR) is 88.9 cm³/mol. The fraction of sp³-hybridized carbons (Fsp3) is 0.222. The quantitative estimate of drug-likeness (QED) is 0.713. The van der Waals surface area contributed by atoms with Crippen molar-refractivity contribution in [3.05, 3.63) is 72.8 Å². The Labute approximate surface area is 121 Å². The molecule has 0 amide bonds. The Balaban J connectivity index is 2.61. The molecule has 0 fully saturated rings. The summed E-state index contributed by atoms with van der Waals surface area (Å²) >= 11 is 0. The Morgan fingerprint density at radius 3 is 1.80 bits per heavy atom. The molecule has 0 bridgehead atoms. The van der Waals surface area contributed by atoms with Crippen molar-refractivity contribution in [2.75, 3.05) is 0 Å². The lowest BCUT2D eigenvalue weighted by atomic mass is 10.2. The lowest BCUT2D eigenvalue weighted by Crippen LogP contribution is -2.23. The highest BCUT2D eigenvalue weighted by molar-refractivity contribution is 7.82. The molecule has 0 spiro atoms. The van der Waals surface area contributed by atoms with E-state index >= 15 is 0 Å². The molecule has 2 heteroatoms. The monoisotopic (exact) mass is 284 g/mol. The first-order chi connectivity index (χ1) is 9.37. The molecule has 2 rings (SSSR count). The highest BCUT2D eigenvalue weighted by Gasteiger charge is 2.40. The smallest absolute Gasteiger partial charge is 0.148 e. The van der Waals surface area contributed by atoms with Crippen LogP contribution in [0.5, 0.6) is 0 Å². The zero-order valence-corrected chi connectivity index (χ0v) is 13.2. The number of benzene rings is 2. The number of rotatable bonds is 3. The largest absolute Gasteiger partial charge is 0.313 e. The van der Waals surface area contributed by atoms with Gasteiger partial charge >= 0.3 is 0 Å². The zero-order chi connectivity index (χ0) is 14.8. The summed E-state index contributed by atoms with van der Waals surface area (Å²) in [4.78, 5) is 0. The maximum Gasteiger partial charge on any atom is 0.148 e. The Hall–Kier alpha value is -1.59. The van der Waals surface area contributed by atoms with Crippen LogP contribution in [-0.2, 0) is 4.57 Å². The lowest BCUT2D eigenvalue weighted by Gasteiger charge is -2.33. The highest BCUT2D eigenvalue weighted by atomic mass is 31.2. The van der Waals surface area contributed by atoms with Crippen LogP contribution in [0.15, 0.2) is 67.2 Å². The molecule has 0 N–H and O–H groups in total. The second-order valence-electron chi connectivity index (χ2n) is 5.93. The third kappa shape index (κ3) is 2.51. The average Bonchev–Trinajstić information content (AvgIpc) is 2.46. The van der Waals surface area contributed by atoms with Crippen LogP contribution in [0.25, 0.3) is 5.31 Å². The first-order valence-corrected chi connectivity index (χ1v) is 8.49. The Morgan fingerprint density at radius 1 is 0.900 bits per heavy atom. The van der Waals surface area contributed by atoms with Gasteiger partial charge in [0.25, 0.3) is 0 Å². The van der Waals surface area contributed by atoms with Gasteiger partial charge in [0.1, 0.15) is 7.14 Å². The third-order valence-corrected chi connectivity index (χ3v) is 7.48. The molecule has 104 valence electrons. The van der Waals surface area contributed by atoms with Crippen LogP contribution in [0, 0.1) is 0 Å². The first-order valence-electron chi connectivity index (χ1n) is 6.78.